The molecule has 1 atom stereocenters. The number of benzene rings is 1. The van der Waals surface area contributed by atoms with E-state index in [1.807, 2.05) is 48.7 Å². The average Bonchev–Trinajstić information content (AvgIpc) is 3.00. The van der Waals surface area contributed by atoms with Gasteiger partial charge >= 0.3 is 0 Å². The molecular formula is C15H15N3OS. The van der Waals surface area contributed by atoms with Crippen molar-refractivity contribution < 1.29 is 4.79 Å². The van der Waals surface area contributed by atoms with Crippen molar-refractivity contribution in [3.63, 3.8) is 0 Å². The van der Waals surface area contributed by atoms with Gasteiger partial charge in [0.15, 0.2) is 11.5 Å². The second-order valence-electron chi connectivity index (χ2n) is 4.93. The molecule has 0 bridgehead atoms. The van der Waals surface area contributed by atoms with Crippen molar-refractivity contribution in [3.8, 4) is 0 Å². The number of nitrogens with zero attached hydrogens (tertiary/aromatic N) is 1. The zero-order valence-electron chi connectivity index (χ0n) is 11.1. The standard InChI is InChI=1S/C15H15N3OS/c1-10-4-6-11(7-5-10)15(9-12-3-2-8-20-12)13(19)17-14(16)18-15/h2-8H,9H2,1H3,(H3,16,17,18,19)/t15-/m0/s1. The van der Waals surface area contributed by atoms with Gasteiger partial charge in [0.05, 0.1) is 0 Å². The number of hydrogen-bond acceptors (Lipinski definition) is 4. The number of aryl methyl sites for hydroxylation is 1. The zero-order valence-corrected chi connectivity index (χ0v) is 11.9. The minimum Gasteiger partial charge on any atom is -0.370 e. The summed E-state index contributed by atoms with van der Waals surface area (Å²) in [6.07, 6.45) is 0.528. The van der Waals surface area contributed by atoms with E-state index in [0.717, 1.165) is 16.0 Å². The number of carbonyl (C=O) groups is 1. The zero-order chi connectivity index (χ0) is 14.2. The first-order chi connectivity index (χ1) is 9.60. The maximum atomic E-state index is 12.4. The van der Waals surface area contributed by atoms with Crippen molar-refractivity contribution in [3.05, 3.63) is 57.8 Å². The first kappa shape index (κ1) is 12.9. The molecule has 1 aliphatic heterocycles. The summed E-state index contributed by atoms with van der Waals surface area (Å²) in [6.45, 7) is 2.02. The van der Waals surface area contributed by atoms with Gasteiger partial charge in [-0.2, -0.15) is 0 Å². The highest BCUT2D eigenvalue weighted by atomic mass is 32.1. The van der Waals surface area contributed by atoms with E-state index in [2.05, 4.69) is 10.3 Å². The van der Waals surface area contributed by atoms with E-state index >= 15 is 0 Å². The number of nitrogens with two attached hydrogens (primary N) is 1. The van der Waals surface area contributed by atoms with Crippen LogP contribution in [-0.4, -0.2) is 11.9 Å². The third kappa shape index (κ3) is 2.10. The minimum atomic E-state index is -0.942. The highest BCUT2D eigenvalue weighted by Crippen LogP contribution is 2.34. The molecule has 5 heteroatoms. The molecule has 3 rings (SSSR count). The summed E-state index contributed by atoms with van der Waals surface area (Å²) in [6, 6.07) is 11.9. The minimum absolute atomic E-state index is 0.160. The SMILES string of the molecule is Cc1ccc([C@]2(Cc3cccs3)N=C(N)NC2=O)cc1. The topological polar surface area (TPSA) is 67.5 Å². The van der Waals surface area contributed by atoms with E-state index in [4.69, 9.17) is 5.73 Å². The molecule has 0 fully saturated rings. The van der Waals surface area contributed by atoms with E-state index in [0.29, 0.717) is 6.42 Å². The first-order valence-electron chi connectivity index (χ1n) is 6.36. The number of hydrogen-bond donors (Lipinski definition) is 2. The quantitative estimate of drug-likeness (QED) is 0.905. The molecule has 0 radical (unpaired) electrons. The van der Waals surface area contributed by atoms with Crippen molar-refractivity contribution >= 4 is 23.2 Å². The van der Waals surface area contributed by atoms with Crippen molar-refractivity contribution in [2.75, 3.05) is 0 Å². The van der Waals surface area contributed by atoms with E-state index in [9.17, 15) is 4.79 Å². The Labute approximate surface area is 121 Å². The van der Waals surface area contributed by atoms with Crippen LogP contribution in [0.1, 0.15) is 16.0 Å². The maximum absolute atomic E-state index is 12.4. The van der Waals surface area contributed by atoms with E-state index in [1.165, 1.54) is 0 Å². The lowest BCUT2D eigenvalue weighted by molar-refractivity contribution is -0.124. The molecule has 0 aliphatic carbocycles. The second kappa shape index (κ2) is 4.76. The molecule has 0 saturated heterocycles. The van der Waals surface area contributed by atoms with Gasteiger partial charge in [-0.1, -0.05) is 35.9 Å². The molecule has 0 saturated carbocycles. The van der Waals surface area contributed by atoms with Gasteiger partial charge in [0.2, 0.25) is 0 Å². The number of rotatable bonds is 3. The van der Waals surface area contributed by atoms with Crippen LogP contribution in [0.5, 0.6) is 0 Å². The molecule has 1 aromatic heterocycles. The predicted molar refractivity (Wildman–Crippen MR) is 80.6 cm³/mol. The predicted octanol–water partition coefficient (Wildman–Crippen LogP) is 1.94. The molecule has 0 unspecified atom stereocenters. The maximum Gasteiger partial charge on any atom is 0.259 e. The van der Waals surface area contributed by atoms with Crippen LogP contribution in [0.4, 0.5) is 0 Å². The van der Waals surface area contributed by atoms with Crippen LogP contribution in [-0.2, 0) is 16.8 Å². The summed E-state index contributed by atoms with van der Waals surface area (Å²) in [5.74, 6) is 0.0272. The summed E-state index contributed by atoms with van der Waals surface area (Å²) in [4.78, 5) is 17.9. The molecule has 1 aliphatic rings. The molecule has 4 nitrogen and oxygen atoms in total. The summed E-state index contributed by atoms with van der Waals surface area (Å²) in [5, 5.41) is 4.62. The Morgan fingerprint density at radius 1 is 1.30 bits per heavy atom. The fourth-order valence-electron chi connectivity index (χ4n) is 2.42. The molecule has 2 heterocycles. The third-order valence-electron chi connectivity index (χ3n) is 3.47. The fraction of sp³-hybridized carbons (Fsp3) is 0.200. The highest BCUT2D eigenvalue weighted by Gasteiger charge is 2.45. The first-order valence-corrected chi connectivity index (χ1v) is 7.24. The number of amides is 1. The number of aliphatic imine (C=N–C) groups is 1. The monoisotopic (exact) mass is 285 g/mol. The van der Waals surface area contributed by atoms with Crippen molar-refractivity contribution in [2.24, 2.45) is 10.7 Å². The summed E-state index contributed by atoms with van der Waals surface area (Å²) < 4.78 is 0. The number of carbonyl (C=O) groups excluding carboxylic acids is 1. The van der Waals surface area contributed by atoms with Gasteiger partial charge in [0, 0.05) is 11.3 Å². The lowest BCUT2D eigenvalue weighted by atomic mass is 9.86. The normalized spacial score (nSPS) is 21.6. The van der Waals surface area contributed by atoms with Crippen LogP contribution in [0.15, 0.2) is 46.8 Å². The smallest absolute Gasteiger partial charge is 0.259 e. The van der Waals surface area contributed by atoms with Crippen LogP contribution in [0, 0.1) is 6.92 Å². The lowest BCUT2D eigenvalue weighted by Crippen LogP contribution is -2.40. The molecule has 3 N–H and O–H groups in total. The summed E-state index contributed by atoms with van der Waals surface area (Å²) >= 11 is 1.62. The van der Waals surface area contributed by atoms with E-state index in [1.54, 1.807) is 11.3 Å². The fourth-order valence-corrected chi connectivity index (χ4v) is 3.20. The second-order valence-corrected chi connectivity index (χ2v) is 5.97. The third-order valence-corrected chi connectivity index (χ3v) is 4.34. The molecule has 0 spiro atoms. The van der Waals surface area contributed by atoms with E-state index in [-0.39, 0.29) is 11.9 Å². The largest absolute Gasteiger partial charge is 0.370 e. The molecule has 102 valence electrons. The molecule has 1 aromatic carbocycles. The Hall–Kier alpha value is -2.14. The Morgan fingerprint density at radius 2 is 2.05 bits per heavy atom. The van der Waals surface area contributed by atoms with Crippen LogP contribution < -0.4 is 11.1 Å². The number of nitrogens with one attached hydrogen (secondary N) is 1. The van der Waals surface area contributed by atoms with Crippen molar-refractivity contribution in [1.82, 2.24) is 5.32 Å². The molecule has 2 aromatic rings. The Kier molecular flexibility index (Phi) is 3.06. The van der Waals surface area contributed by atoms with E-state index < -0.39 is 5.54 Å². The Bertz CT molecular complexity index is 661. The van der Waals surface area contributed by atoms with Gasteiger partial charge in [-0.25, -0.2) is 4.99 Å². The van der Waals surface area contributed by atoms with Gasteiger partial charge in [-0.05, 0) is 23.9 Å². The Morgan fingerprint density at radius 3 is 2.60 bits per heavy atom. The number of thiophene rings is 1. The molecular weight excluding hydrogens is 270 g/mol. The Balaban J connectivity index is 2.08. The molecule has 20 heavy (non-hydrogen) atoms. The van der Waals surface area contributed by atoms with Gasteiger partial charge < -0.3 is 5.73 Å². The average molecular weight is 285 g/mol. The van der Waals surface area contributed by atoms with Crippen LogP contribution in [0.3, 0.4) is 0 Å². The molecule has 1 amide bonds. The summed E-state index contributed by atoms with van der Waals surface area (Å²) in [5.41, 5.74) is 6.79. The highest BCUT2D eigenvalue weighted by molar-refractivity contribution is 7.09. The number of guanidine groups is 1. The summed E-state index contributed by atoms with van der Waals surface area (Å²) in [7, 11) is 0. The van der Waals surface area contributed by atoms with Crippen LogP contribution in [0.2, 0.25) is 0 Å². The van der Waals surface area contributed by atoms with Crippen LogP contribution in [0.25, 0.3) is 0 Å². The van der Waals surface area contributed by atoms with Gasteiger partial charge in [-0.3, -0.25) is 10.1 Å². The van der Waals surface area contributed by atoms with Gasteiger partial charge in [0.1, 0.15) is 0 Å². The van der Waals surface area contributed by atoms with Crippen molar-refractivity contribution in [2.45, 2.75) is 18.9 Å². The van der Waals surface area contributed by atoms with Gasteiger partial charge in [-0.15, -0.1) is 11.3 Å². The van der Waals surface area contributed by atoms with Gasteiger partial charge in [0.25, 0.3) is 5.91 Å². The van der Waals surface area contributed by atoms with Crippen molar-refractivity contribution in [1.29, 1.82) is 0 Å². The van der Waals surface area contributed by atoms with Crippen LogP contribution >= 0.6 is 11.3 Å². The lowest BCUT2D eigenvalue weighted by Gasteiger charge is -2.23.